The van der Waals surface area contributed by atoms with Crippen LogP contribution in [0.1, 0.15) is 30.0 Å². The summed E-state index contributed by atoms with van der Waals surface area (Å²) in [5.41, 5.74) is 2.91. The molecule has 1 saturated heterocycles. The predicted molar refractivity (Wildman–Crippen MR) is 158 cm³/mol. The van der Waals surface area contributed by atoms with Crippen molar-refractivity contribution in [3.8, 4) is 17.6 Å². The molecule has 0 spiro atoms. The molecule has 1 aliphatic rings. The van der Waals surface area contributed by atoms with E-state index in [1.54, 1.807) is 18.1 Å². The van der Waals surface area contributed by atoms with Crippen LogP contribution in [-0.4, -0.2) is 42.8 Å². The summed E-state index contributed by atoms with van der Waals surface area (Å²) in [5.74, 6) is 0.980. The van der Waals surface area contributed by atoms with E-state index in [1.807, 2.05) is 73.7 Å². The third kappa shape index (κ3) is 7.30. The Hall–Kier alpha value is -3.58. The van der Waals surface area contributed by atoms with Crippen molar-refractivity contribution in [2.45, 2.75) is 20.0 Å². The molecule has 0 aromatic heterocycles. The normalized spacial score (nSPS) is 15.1. The van der Waals surface area contributed by atoms with Gasteiger partial charge in [0.05, 0.1) is 28.8 Å². The van der Waals surface area contributed by atoms with Crippen molar-refractivity contribution in [3.63, 3.8) is 0 Å². The number of carbonyl (C=O) groups is 1. The molecule has 0 unspecified atom stereocenters. The van der Waals surface area contributed by atoms with Gasteiger partial charge in [-0.1, -0.05) is 52.3 Å². The summed E-state index contributed by atoms with van der Waals surface area (Å²) in [6.45, 7) is 3.62. The molecule has 0 aliphatic carbocycles. The van der Waals surface area contributed by atoms with Crippen molar-refractivity contribution >= 4 is 50.5 Å². The zero-order valence-corrected chi connectivity index (χ0v) is 24.1. The molecule has 0 atom stereocenters. The van der Waals surface area contributed by atoms with Crippen molar-refractivity contribution in [1.82, 2.24) is 4.90 Å². The van der Waals surface area contributed by atoms with Crippen molar-refractivity contribution in [1.29, 1.82) is 5.26 Å². The lowest BCUT2D eigenvalue weighted by molar-refractivity contribution is -0.122. The fourth-order valence-electron chi connectivity index (χ4n) is 3.86. The monoisotopic (exact) mass is 605 g/mol. The fourth-order valence-corrected chi connectivity index (χ4v) is 5.32. The Labute approximate surface area is 241 Å². The Bertz CT molecular complexity index is 1420. The molecule has 3 aromatic rings. The molecule has 1 aliphatic heterocycles. The van der Waals surface area contributed by atoms with Crippen molar-refractivity contribution in [3.05, 3.63) is 92.8 Å². The van der Waals surface area contributed by atoms with Gasteiger partial charge in [-0.05, 0) is 67.1 Å². The second-order valence-corrected chi connectivity index (χ2v) is 10.3. The maximum Gasteiger partial charge on any atom is 0.266 e. The van der Waals surface area contributed by atoms with E-state index in [2.05, 4.69) is 22.0 Å². The van der Waals surface area contributed by atoms with Crippen LogP contribution in [0.15, 0.2) is 81.1 Å². The average Bonchev–Trinajstić information content (AvgIpc) is 3.23. The molecule has 1 heterocycles. The van der Waals surface area contributed by atoms with E-state index < -0.39 is 0 Å². The van der Waals surface area contributed by atoms with Gasteiger partial charge in [-0.25, -0.2) is 4.99 Å². The Morgan fingerprint density at radius 3 is 2.56 bits per heavy atom. The highest BCUT2D eigenvalue weighted by Gasteiger charge is 2.33. The highest BCUT2D eigenvalue weighted by Crippen LogP contribution is 2.39. The van der Waals surface area contributed by atoms with Crippen molar-refractivity contribution in [2.24, 2.45) is 4.99 Å². The molecule has 1 fully saturated rings. The lowest BCUT2D eigenvalue weighted by Crippen LogP contribution is -2.30. The van der Waals surface area contributed by atoms with E-state index in [0.29, 0.717) is 53.3 Å². The number of nitriles is 1. The molecule has 0 N–H and O–H groups in total. The van der Waals surface area contributed by atoms with Crippen LogP contribution in [0.3, 0.4) is 0 Å². The minimum absolute atomic E-state index is 0.107. The van der Waals surface area contributed by atoms with E-state index >= 15 is 0 Å². The van der Waals surface area contributed by atoms with Crippen LogP contribution in [0.2, 0.25) is 0 Å². The summed E-state index contributed by atoms with van der Waals surface area (Å²) in [4.78, 5) is 20.4. The van der Waals surface area contributed by atoms with E-state index in [-0.39, 0.29) is 12.5 Å². The maximum absolute atomic E-state index is 13.4. The summed E-state index contributed by atoms with van der Waals surface area (Å²) in [6, 6.07) is 22.8. The van der Waals surface area contributed by atoms with Crippen LogP contribution in [0, 0.1) is 11.3 Å². The first-order chi connectivity index (χ1) is 19.0. The third-order valence-corrected chi connectivity index (χ3v) is 7.46. The van der Waals surface area contributed by atoms with Gasteiger partial charge in [-0.15, -0.1) is 0 Å². The maximum atomic E-state index is 13.4. The number of ether oxygens (including phenoxy) is 3. The van der Waals surface area contributed by atoms with Crippen LogP contribution in [0.25, 0.3) is 6.08 Å². The molecule has 200 valence electrons. The largest absolute Gasteiger partial charge is 0.490 e. The zero-order chi connectivity index (χ0) is 27.6. The van der Waals surface area contributed by atoms with Crippen molar-refractivity contribution in [2.75, 3.05) is 26.9 Å². The van der Waals surface area contributed by atoms with Gasteiger partial charge >= 0.3 is 0 Å². The van der Waals surface area contributed by atoms with E-state index in [1.165, 1.54) is 11.8 Å². The highest BCUT2D eigenvalue weighted by atomic mass is 79.9. The number of halogens is 1. The molecule has 7 nitrogen and oxygen atoms in total. The zero-order valence-electron chi connectivity index (χ0n) is 21.7. The van der Waals surface area contributed by atoms with Gasteiger partial charge in [0.25, 0.3) is 5.91 Å². The van der Waals surface area contributed by atoms with Gasteiger partial charge in [-0.2, -0.15) is 5.26 Å². The van der Waals surface area contributed by atoms with Crippen LogP contribution in [-0.2, 0) is 16.1 Å². The van der Waals surface area contributed by atoms with Crippen LogP contribution in [0.5, 0.6) is 11.5 Å². The van der Waals surface area contributed by atoms with Gasteiger partial charge in [0.15, 0.2) is 16.7 Å². The first-order valence-electron chi connectivity index (χ1n) is 12.4. The summed E-state index contributed by atoms with van der Waals surface area (Å²) in [5, 5.41) is 10.0. The Balaban J connectivity index is 1.62. The number of thioether (sulfide) groups is 1. The van der Waals surface area contributed by atoms with Gasteiger partial charge in [0.1, 0.15) is 6.61 Å². The molecule has 0 bridgehead atoms. The SMILES string of the molecule is CCOc1cc(/C=C2\SC(=Nc3ccccc3)N(CCCOC)C2=O)c(Br)cc1OCc1ccccc1C#N. The number of aliphatic imine (C=N–C) groups is 1. The number of hydrogen-bond acceptors (Lipinski definition) is 7. The first kappa shape index (κ1) is 28.4. The number of benzene rings is 3. The Morgan fingerprint density at radius 2 is 1.82 bits per heavy atom. The van der Waals surface area contributed by atoms with Gasteiger partial charge in [-0.3, -0.25) is 9.69 Å². The molecule has 4 rings (SSSR count). The number of amides is 1. The predicted octanol–water partition coefficient (Wildman–Crippen LogP) is 6.94. The molecule has 9 heteroatoms. The van der Waals surface area contributed by atoms with E-state index in [4.69, 9.17) is 19.2 Å². The average molecular weight is 607 g/mol. The minimum Gasteiger partial charge on any atom is -0.490 e. The van der Waals surface area contributed by atoms with E-state index in [9.17, 15) is 10.1 Å². The third-order valence-electron chi connectivity index (χ3n) is 5.77. The molecule has 1 amide bonds. The van der Waals surface area contributed by atoms with Crippen LogP contribution >= 0.6 is 27.7 Å². The standard InChI is InChI=1S/C30H28BrN3O4S/c1-3-37-26-16-23(25(31)18-27(26)38-20-22-11-8-7-10-21(22)19-32)17-28-29(35)34(14-9-15-36-2)30(39-28)33-24-12-5-4-6-13-24/h4-8,10-13,16-18H,3,9,14-15,20H2,1-2H3/b28-17-,33-30?. The quantitative estimate of drug-likeness (QED) is 0.174. The first-order valence-corrected chi connectivity index (χ1v) is 14.1. The lowest BCUT2D eigenvalue weighted by atomic mass is 10.1. The van der Waals surface area contributed by atoms with Gasteiger partial charge < -0.3 is 14.2 Å². The summed E-state index contributed by atoms with van der Waals surface area (Å²) in [6.07, 6.45) is 2.54. The number of methoxy groups -OCH3 is 1. The highest BCUT2D eigenvalue weighted by molar-refractivity contribution is 9.10. The molecule has 39 heavy (non-hydrogen) atoms. The van der Waals surface area contributed by atoms with E-state index in [0.717, 1.165) is 21.3 Å². The molecular formula is C30H28BrN3O4S. The van der Waals surface area contributed by atoms with Crippen LogP contribution in [0.4, 0.5) is 5.69 Å². The smallest absolute Gasteiger partial charge is 0.266 e. The fraction of sp³-hybridized carbons (Fsp3) is 0.233. The Morgan fingerprint density at radius 1 is 1.08 bits per heavy atom. The topological polar surface area (TPSA) is 84.2 Å². The summed E-state index contributed by atoms with van der Waals surface area (Å²) in [7, 11) is 1.65. The number of carbonyl (C=O) groups excluding carboxylic acids is 1. The molecule has 0 saturated carbocycles. The number of hydrogen-bond donors (Lipinski definition) is 0. The second kappa shape index (κ2) is 14.0. The number of nitrogens with zero attached hydrogens (tertiary/aromatic N) is 3. The number of rotatable bonds is 11. The minimum atomic E-state index is -0.107. The summed E-state index contributed by atoms with van der Waals surface area (Å²) >= 11 is 4.98. The molecule has 3 aromatic carbocycles. The van der Waals surface area contributed by atoms with Crippen LogP contribution < -0.4 is 9.47 Å². The van der Waals surface area contributed by atoms with Crippen molar-refractivity contribution < 1.29 is 19.0 Å². The van der Waals surface area contributed by atoms with Gasteiger partial charge in [0, 0.05) is 30.3 Å². The molecule has 0 radical (unpaired) electrons. The Kier molecular flexibility index (Phi) is 10.2. The lowest BCUT2D eigenvalue weighted by Gasteiger charge is -2.15. The number of amidine groups is 1. The second-order valence-electron chi connectivity index (χ2n) is 8.45. The summed E-state index contributed by atoms with van der Waals surface area (Å²) < 4.78 is 17.9. The molecular weight excluding hydrogens is 578 g/mol. The number of para-hydroxylation sites is 1. The van der Waals surface area contributed by atoms with Gasteiger partial charge in [0.2, 0.25) is 0 Å².